The molecule has 0 bridgehead atoms. The van der Waals surface area contributed by atoms with Crippen molar-refractivity contribution in [3.05, 3.63) is 67.4 Å². The molecule has 2 heterocycles. The Kier molecular flexibility index (Phi) is 8.29. The zero-order valence-corrected chi connectivity index (χ0v) is 20.5. The van der Waals surface area contributed by atoms with Crippen LogP contribution in [0.15, 0.2) is 45.0 Å². The van der Waals surface area contributed by atoms with Gasteiger partial charge in [-0.3, -0.25) is 14.3 Å². The van der Waals surface area contributed by atoms with Crippen molar-refractivity contribution in [1.82, 2.24) is 9.55 Å². The number of nitrogens with two attached hydrogens (primary N) is 2. The van der Waals surface area contributed by atoms with Gasteiger partial charge in [-0.05, 0) is 29.6 Å². The van der Waals surface area contributed by atoms with E-state index in [1.165, 1.54) is 34.8 Å². The van der Waals surface area contributed by atoms with Crippen LogP contribution < -0.4 is 27.0 Å². The summed E-state index contributed by atoms with van der Waals surface area (Å²) in [4.78, 5) is 39.5. The Hall–Kier alpha value is -2.54. The number of aliphatic hydroxyl groups is 1. The van der Waals surface area contributed by atoms with Gasteiger partial charge >= 0.3 is 19.4 Å². The van der Waals surface area contributed by atoms with E-state index >= 15 is 0 Å². The van der Waals surface area contributed by atoms with E-state index < -0.39 is 49.4 Å². The van der Waals surface area contributed by atoms with Gasteiger partial charge in [0.1, 0.15) is 18.0 Å². The van der Waals surface area contributed by atoms with Gasteiger partial charge < -0.3 is 24.6 Å². The summed E-state index contributed by atoms with van der Waals surface area (Å²) in [6.07, 6.45) is 0.411. The van der Waals surface area contributed by atoms with Gasteiger partial charge in [-0.2, -0.15) is 0 Å². The lowest BCUT2D eigenvalue weighted by Gasteiger charge is -2.20. The van der Waals surface area contributed by atoms with Crippen LogP contribution in [0, 0.1) is 0 Å². The number of hydrogen-bond acceptors (Lipinski definition) is 9. The standard InChI is InChI=1S/C20H24BrN4O8P/c1-11(22)19(28)33-34(23,30)32-15-5-3-2-4-12(15)8-16-14(26)9-17(31-16)25-10-13(6-7-21)18(27)24-20(25)29/h2-7,10-11,14,16-17,26H,8-9,22H2,1H3,(H2,23,30)(H,24,27,29)/b7-6+/t11-,14-,16+,17+,34?/m0/s1. The number of carbonyl (C=O) groups is 1. The maximum Gasteiger partial charge on any atom is 0.512 e. The molecule has 1 saturated heterocycles. The lowest BCUT2D eigenvalue weighted by Crippen LogP contribution is -2.33. The number of nitrogens with one attached hydrogen (secondary N) is 1. The number of halogens is 1. The molecule has 34 heavy (non-hydrogen) atoms. The molecule has 0 radical (unpaired) electrons. The highest BCUT2D eigenvalue weighted by Crippen LogP contribution is 2.42. The highest BCUT2D eigenvalue weighted by Gasteiger charge is 2.36. The molecular formula is C20H24BrN4O8P. The summed E-state index contributed by atoms with van der Waals surface area (Å²) in [5.74, 6) is -0.919. The SMILES string of the molecule is C[C@H](N)C(=O)OP(N)(=O)Oc1ccccc1C[C@H]1O[C@@H](n2cc(/C=C/Br)c(=O)[nH]c2=O)C[C@@H]1O. The van der Waals surface area contributed by atoms with E-state index in [1.54, 1.807) is 18.2 Å². The first-order valence-corrected chi connectivity index (χ1v) is 12.6. The molecule has 0 saturated carbocycles. The van der Waals surface area contributed by atoms with E-state index in [9.17, 15) is 24.1 Å². The van der Waals surface area contributed by atoms with Crippen LogP contribution in [0.4, 0.5) is 0 Å². The Morgan fingerprint density at radius 3 is 2.82 bits per heavy atom. The molecule has 12 nitrogen and oxygen atoms in total. The highest BCUT2D eigenvalue weighted by molar-refractivity contribution is 9.11. The van der Waals surface area contributed by atoms with Crippen LogP contribution in [0.2, 0.25) is 0 Å². The van der Waals surface area contributed by atoms with E-state index in [0.717, 1.165) is 0 Å². The van der Waals surface area contributed by atoms with Crippen LogP contribution in [-0.4, -0.2) is 38.9 Å². The molecule has 184 valence electrons. The predicted octanol–water partition coefficient (Wildman–Crippen LogP) is 1.13. The zero-order chi connectivity index (χ0) is 25.0. The van der Waals surface area contributed by atoms with Crippen molar-refractivity contribution in [2.75, 3.05) is 0 Å². The van der Waals surface area contributed by atoms with Crippen molar-refractivity contribution < 1.29 is 28.3 Å². The molecule has 1 fully saturated rings. The topological polar surface area (TPSA) is 189 Å². The number of nitrogens with zero attached hydrogens (tertiary/aromatic N) is 1. The maximum absolute atomic E-state index is 12.4. The summed E-state index contributed by atoms with van der Waals surface area (Å²) in [6.45, 7) is 1.35. The second-order valence-corrected chi connectivity index (χ2v) is 9.59. The minimum absolute atomic E-state index is 0.0658. The smallest absolute Gasteiger partial charge is 0.404 e. The average molecular weight is 559 g/mol. The van der Waals surface area contributed by atoms with Crippen LogP contribution in [0.5, 0.6) is 5.75 Å². The van der Waals surface area contributed by atoms with Gasteiger partial charge in [0.25, 0.3) is 5.56 Å². The van der Waals surface area contributed by atoms with Gasteiger partial charge in [0.2, 0.25) is 0 Å². The summed E-state index contributed by atoms with van der Waals surface area (Å²) >= 11 is 3.08. The van der Waals surface area contributed by atoms with Crippen LogP contribution >= 0.6 is 23.7 Å². The third-order valence-electron chi connectivity index (χ3n) is 4.96. The molecule has 0 amide bonds. The van der Waals surface area contributed by atoms with Crippen LogP contribution in [0.1, 0.15) is 30.7 Å². The molecular weight excluding hydrogens is 535 g/mol. The normalized spacial score (nSPS) is 22.9. The van der Waals surface area contributed by atoms with Gasteiger partial charge in [0.15, 0.2) is 0 Å². The van der Waals surface area contributed by atoms with Crippen LogP contribution in [0.3, 0.4) is 0 Å². The molecule has 1 unspecified atom stereocenters. The van der Waals surface area contributed by atoms with Gasteiger partial charge in [-0.25, -0.2) is 19.7 Å². The number of hydrogen-bond donors (Lipinski definition) is 4. The molecule has 1 aliphatic heterocycles. The number of carbonyl (C=O) groups excluding carboxylic acids is 1. The summed E-state index contributed by atoms with van der Waals surface area (Å²) < 4.78 is 29.5. The molecule has 6 N–H and O–H groups in total. The first-order valence-electron chi connectivity index (χ1n) is 10.1. The number of para-hydroxylation sites is 1. The molecule has 2 aromatic rings. The van der Waals surface area contributed by atoms with E-state index in [1.807, 2.05) is 0 Å². The molecule has 0 spiro atoms. The Balaban J connectivity index is 1.79. The van der Waals surface area contributed by atoms with Gasteiger partial charge in [0.05, 0.1) is 17.8 Å². The molecule has 0 aliphatic carbocycles. The zero-order valence-electron chi connectivity index (χ0n) is 18.0. The summed E-state index contributed by atoms with van der Waals surface area (Å²) in [5, 5.41) is 10.6. The van der Waals surface area contributed by atoms with Crippen molar-refractivity contribution in [2.45, 2.75) is 44.2 Å². The van der Waals surface area contributed by atoms with Gasteiger partial charge in [0, 0.05) is 19.0 Å². The van der Waals surface area contributed by atoms with E-state index in [4.69, 9.17) is 20.5 Å². The highest BCUT2D eigenvalue weighted by atomic mass is 79.9. The molecule has 5 atom stereocenters. The minimum atomic E-state index is -4.32. The van der Waals surface area contributed by atoms with Crippen LogP contribution in [0.25, 0.3) is 6.08 Å². The summed E-state index contributed by atoms with van der Waals surface area (Å²) in [6, 6.07) is 5.34. The second-order valence-electron chi connectivity index (χ2n) is 7.62. The van der Waals surface area contributed by atoms with Crippen molar-refractivity contribution >= 4 is 35.7 Å². The third kappa shape index (κ3) is 6.32. The first-order chi connectivity index (χ1) is 16.0. The third-order valence-corrected chi connectivity index (χ3v) is 6.11. The molecule has 1 aromatic carbocycles. The Bertz CT molecular complexity index is 1240. The second kappa shape index (κ2) is 10.8. The molecule has 14 heteroatoms. The van der Waals surface area contributed by atoms with E-state index in [0.29, 0.717) is 5.56 Å². The Morgan fingerprint density at radius 2 is 2.15 bits per heavy atom. The lowest BCUT2D eigenvalue weighted by molar-refractivity contribution is -0.135. The fraction of sp³-hybridized carbons (Fsp3) is 0.350. The number of ether oxygens (including phenoxy) is 1. The van der Waals surface area contributed by atoms with Crippen molar-refractivity contribution in [2.24, 2.45) is 11.2 Å². The van der Waals surface area contributed by atoms with Crippen LogP contribution in [-0.2, 0) is 25.0 Å². The van der Waals surface area contributed by atoms with Gasteiger partial charge in [-0.1, -0.05) is 34.1 Å². The minimum Gasteiger partial charge on any atom is -0.404 e. The fourth-order valence-corrected chi connectivity index (χ4v) is 4.51. The van der Waals surface area contributed by atoms with E-state index in [-0.39, 0.29) is 24.2 Å². The molecule has 1 aromatic heterocycles. The predicted molar refractivity (Wildman–Crippen MR) is 126 cm³/mol. The largest absolute Gasteiger partial charge is 0.512 e. The average Bonchev–Trinajstić information content (AvgIpc) is 3.10. The lowest BCUT2D eigenvalue weighted by atomic mass is 10.0. The summed E-state index contributed by atoms with van der Waals surface area (Å²) in [5.41, 5.74) is 10.4. The van der Waals surface area contributed by atoms with E-state index in [2.05, 4.69) is 25.4 Å². The number of benzene rings is 1. The van der Waals surface area contributed by atoms with Crippen molar-refractivity contribution in [1.29, 1.82) is 0 Å². The Labute approximate surface area is 202 Å². The molecule has 3 rings (SSSR count). The molecule has 1 aliphatic rings. The maximum atomic E-state index is 12.4. The number of aromatic nitrogens is 2. The monoisotopic (exact) mass is 558 g/mol. The van der Waals surface area contributed by atoms with Crippen molar-refractivity contribution in [3.63, 3.8) is 0 Å². The van der Waals surface area contributed by atoms with Gasteiger partial charge in [-0.15, -0.1) is 0 Å². The number of aromatic amines is 1. The fourth-order valence-electron chi connectivity index (χ4n) is 3.31. The number of aliphatic hydroxyl groups excluding tert-OH is 1. The number of H-pyrrole nitrogens is 1. The number of rotatable bonds is 8. The Morgan fingerprint density at radius 1 is 1.44 bits per heavy atom. The first kappa shape index (κ1) is 26.1. The quantitative estimate of drug-likeness (QED) is 0.341. The summed E-state index contributed by atoms with van der Waals surface area (Å²) in [7, 11) is -4.32. The van der Waals surface area contributed by atoms with Crippen molar-refractivity contribution in [3.8, 4) is 5.75 Å².